The fourth-order valence-electron chi connectivity index (χ4n) is 0.926. The molecule has 0 spiro atoms. The van der Waals surface area contributed by atoms with Gasteiger partial charge in [0.05, 0.1) is 0 Å². The molecule has 3 nitrogen and oxygen atoms in total. The van der Waals surface area contributed by atoms with Crippen molar-refractivity contribution >= 4 is 11.8 Å². The summed E-state index contributed by atoms with van der Waals surface area (Å²) in [4.78, 5) is 14.6. The Morgan fingerprint density at radius 1 is 1.62 bits per heavy atom. The van der Waals surface area contributed by atoms with Crippen LogP contribution in [0.3, 0.4) is 0 Å². The lowest BCUT2D eigenvalue weighted by atomic mass is 10.4. The predicted molar refractivity (Wildman–Crippen MR) is 55.4 cm³/mol. The van der Waals surface area contributed by atoms with E-state index < -0.39 is 17.4 Å². The van der Waals surface area contributed by atoms with Gasteiger partial charge < -0.3 is 0 Å². The zero-order chi connectivity index (χ0) is 12.3. The van der Waals surface area contributed by atoms with Crippen molar-refractivity contribution < 1.29 is 13.2 Å². The zero-order valence-electron chi connectivity index (χ0n) is 8.41. The molecule has 0 unspecified atom stereocenters. The first kappa shape index (κ1) is 12.8. The third-order valence-electron chi connectivity index (χ3n) is 1.71. The molecular weight excluding hydrogens is 241 g/mol. The summed E-state index contributed by atoms with van der Waals surface area (Å²) in [5.41, 5.74) is -1.89. The van der Waals surface area contributed by atoms with Crippen LogP contribution < -0.4 is 5.56 Å². The van der Waals surface area contributed by atoms with Crippen molar-refractivity contribution in [3.05, 3.63) is 34.8 Å². The summed E-state index contributed by atoms with van der Waals surface area (Å²) >= 11 is 1.03. The lowest BCUT2D eigenvalue weighted by molar-refractivity contribution is -0.141. The Hall–Kier alpha value is -1.24. The molecular formula is C9H9F3N2OS. The topological polar surface area (TPSA) is 34.9 Å². The number of hydrogen-bond donors (Lipinski definition) is 0. The van der Waals surface area contributed by atoms with E-state index in [1.807, 2.05) is 0 Å². The highest BCUT2D eigenvalue weighted by Gasteiger charge is 2.33. The predicted octanol–water partition coefficient (Wildman–Crippen LogP) is 2.08. The van der Waals surface area contributed by atoms with Gasteiger partial charge in [0.15, 0.2) is 10.9 Å². The molecule has 0 fully saturated rings. The van der Waals surface area contributed by atoms with Crippen LogP contribution in [0.25, 0.3) is 0 Å². The highest BCUT2D eigenvalue weighted by molar-refractivity contribution is 7.99. The first-order valence-corrected chi connectivity index (χ1v) is 5.23. The van der Waals surface area contributed by atoms with Crippen molar-refractivity contribution in [3.8, 4) is 0 Å². The fraction of sp³-hybridized carbons (Fsp3) is 0.333. The molecule has 0 atom stereocenters. The van der Waals surface area contributed by atoms with Gasteiger partial charge in [-0.25, -0.2) is 4.98 Å². The first-order valence-electron chi connectivity index (χ1n) is 4.25. The average molecular weight is 250 g/mol. The Bertz CT molecular complexity index is 453. The summed E-state index contributed by atoms with van der Waals surface area (Å²) < 4.78 is 38.2. The maximum atomic E-state index is 12.4. The quantitative estimate of drug-likeness (QED) is 0.468. The monoisotopic (exact) mass is 250 g/mol. The molecule has 0 saturated heterocycles. The highest BCUT2D eigenvalue weighted by atomic mass is 32.2. The van der Waals surface area contributed by atoms with Crippen molar-refractivity contribution in [2.75, 3.05) is 5.75 Å². The number of hydrogen-bond acceptors (Lipinski definition) is 3. The normalized spacial score (nSPS) is 11.5. The van der Waals surface area contributed by atoms with Crippen molar-refractivity contribution in [1.82, 2.24) is 9.55 Å². The molecule has 1 heterocycles. The van der Waals surface area contributed by atoms with Gasteiger partial charge >= 0.3 is 6.18 Å². The first-order chi connectivity index (χ1) is 7.36. The average Bonchev–Trinajstić information content (AvgIpc) is 2.18. The van der Waals surface area contributed by atoms with E-state index in [4.69, 9.17) is 0 Å². The Kier molecular flexibility index (Phi) is 3.79. The number of nitrogens with zero attached hydrogens (tertiary/aromatic N) is 2. The van der Waals surface area contributed by atoms with Gasteiger partial charge in [-0.15, -0.1) is 6.58 Å². The number of aromatic nitrogens is 2. The molecule has 0 aliphatic carbocycles. The molecule has 0 bridgehead atoms. The SMILES string of the molecule is C=CCSc1nc(C(F)(F)F)cc(=O)n1C. The molecule has 88 valence electrons. The van der Waals surface area contributed by atoms with Crippen LogP contribution in [-0.4, -0.2) is 15.3 Å². The van der Waals surface area contributed by atoms with Crippen LogP contribution >= 0.6 is 11.8 Å². The lowest BCUT2D eigenvalue weighted by Crippen LogP contribution is -2.23. The second-order valence-electron chi connectivity index (χ2n) is 2.92. The minimum Gasteiger partial charge on any atom is -0.291 e. The third-order valence-corrected chi connectivity index (χ3v) is 2.74. The largest absolute Gasteiger partial charge is 0.433 e. The van der Waals surface area contributed by atoms with E-state index in [9.17, 15) is 18.0 Å². The zero-order valence-corrected chi connectivity index (χ0v) is 9.23. The van der Waals surface area contributed by atoms with Gasteiger partial charge in [-0.1, -0.05) is 17.8 Å². The van der Waals surface area contributed by atoms with Crippen LogP contribution in [0.1, 0.15) is 5.69 Å². The molecule has 1 rings (SSSR count). The third kappa shape index (κ3) is 2.88. The smallest absolute Gasteiger partial charge is 0.291 e. The van der Waals surface area contributed by atoms with Crippen LogP contribution in [-0.2, 0) is 13.2 Å². The van der Waals surface area contributed by atoms with E-state index >= 15 is 0 Å². The van der Waals surface area contributed by atoms with Crippen LogP contribution in [0.15, 0.2) is 28.7 Å². The summed E-state index contributed by atoms with van der Waals surface area (Å²) in [6.07, 6.45) is -3.08. The van der Waals surface area contributed by atoms with Gasteiger partial charge in [0, 0.05) is 18.9 Å². The molecule has 0 radical (unpaired) electrons. The Morgan fingerprint density at radius 2 is 2.25 bits per heavy atom. The van der Waals surface area contributed by atoms with Crippen molar-refractivity contribution in [2.24, 2.45) is 7.05 Å². The van der Waals surface area contributed by atoms with Gasteiger partial charge in [-0.2, -0.15) is 13.2 Å². The molecule has 1 aromatic heterocycles. The second kappa shape index (κ2) is 4.73. The molecule has 0 aliphatic rings. The van der Waals surface area contributed by atoms with Crippen LogP contribution in [0.2, 0.25) is 0 Å². The molecule has 16 heavy (non-hydrogen) atoms. The maximum absolute atomic E-state index is 12.4. The molecule has 0 aliphatic heterocycles. The Balaban J connectivity index is 3.22. The maximum Gasteiger partial charge on any atom is 0.433 e. The Labute approximate surface area is 94.0 Å². The number of alkyl halides is 3. The van der Waals surface area contributed by atoms with Gasteiger partial charge in [-0.05, 0) is 0 Å². The van der Waals surface area contributed by atoms with Gasteiger partial charge in [0.1, 0.15) is 0 Å². The molecule has 1 aromatic rings. The van der Waals surface area contributed by atoms with E-state index in [1.165, 1.54) is 13.1 Å². The Morgan fingerprint density at radius 3 is 2.75 bits per heavy atom. The molecule has 0 saturated carbocycles. The summed E-state index contributed by atoms with van der Waals surface area (Å²) in [5.74, 6) is 0.390. The lowest BCUT2D eigenvalue weighted by Gasteiger charge is -2.09. The molecule has 0 N–H and O–H groups in total. The van der Waals surface area contributed by atoms with E-state index in [0.29, 0.717) is 11.8 Å². The molecule has 0 aromatic carbocycles. The summed E-state index contributed by atoms with van der Waals surface area (Å²) in [7, 11) is 1.38. The second-order valence-corrected chi connectivity index (χ2v) is 3.91. The van der Waals surface area contributed by atoms with E-state index in [1.54, 1.807) is 0 Å². The fourth-order valence-corrected chi connectivity index (χ4v) is 1.64. The standard InChI is InChI=1S/C9H9F3N2OS/c1-3-4-16-8-13-6(9(10,11)12)5-7(15)14(8)2/h3,5H,1,4H2,2H3. The summed E-state index contributed by atoms with van der Waals surface area (Å²) in [5, 5.41) is 0.0275. The molecule has 0 amide bonds. The summed E-state index contributed by atoms with van der Waals surface area (Å²) in [6.45, 7) is 3.44. The minimum absolute atomic E-state index is 0.0275. The van der Waals surface area contributed by atoms with Crippen LogP contribution in [0.4, 0.5) is 13.2 Å². The number of rotatable bonds is 3. The number of thioether (sulfide) groups is 1. The van der Waals surface area contributed by atoms with Gasteiger partial charge in [-0.3, -0.25) is 9.36 Å². The van der Waals surface area contributed by atoms with Crippen molar-refractivity contribution in [2.45, 2.75) is 11.3 Å². The van der Waals surface area contributed by atoms with Gasteiger partial charge in [0.2, 0.25) is 0 Å². The minimum atomic E-state index is -4.60. The molecule has 7 heteroatoms. The van der Waals surface area contributed by atoms with Crippen LogP contribution in [0, 0.1) is 0 Å². The van der Waals surface area contributed by atoms with E-state index in [2.05, 4.69) is 11.6 Å². The van der Waals surface area contributed by atoms with E-state index in [0.717, 1.165) is 16.3 Å². The number of halogens is 3. The van der Waals surface area contributed by atoms with Crippen molar-refractivity contribution in [3.63, 3.8) is 0 Å². The van der Waals surface area contributed by atoms with E-state index in [-0.39, 0.29) is 5.16 Å². The summed E-state index contributed by atoms with van der Waals surface area (Å²) in [6, 6.07) is 0.484. The van der Waals surface area contributed by atoms with Crippen LogP contribution in [0.5, 0.6) is 0 Å². The highest BCUT2D eigenvalue weighted by Crippen LogP contribution is 2.27. The van der Waals surface area contributed by atoms with Crippen molar-refractivity contribution in [1.29, 1.82) is 0 Å². The van der Waals surface area contributed by atoms with Gasteiger partial charge in [0.25, 0.3) is 5.56 Å².